The molecule has 1 aromatic carbocycles. The predicted molar refractivity (Wildman–Crippen MR) is 61.3 cm³/mol. The molecule has 0 spiro atoms. The quantitative estimate of drug-likeness (QED) is 0.555. The summed E-state index contributed by atoms with van der Waals surface area (Å²) in [5.74, 6) is -2.61. The maximum atomic E-state index is 13.4. The third-order valence-corrected chi connectivity index (χ3v) is 2.66. The number of benzene rings is 1. The number of nitro groups is 1. The summed E-state index contributed by atoms with van der Waals surface area (Å²) in [6, 6.07) is 1.28. The molecule has 0 aromatic heterocycles. The van der Waals surface area contributed by atoms with Gasteiger partial charge in [0.15, 0.2) is 0 Å². The molecule has 0 saturated heterocycles. The molecular formula is C10H9ClFNO6. The second kappa shape index (κ2) is 5.91. The summed E-state index contributed by atoms with van der Waals surface area (Å²) in [6.45, 7) is 0. The van der Waals surface area contributed by atoms with Crippen molar-refractivity contribution in [1.82, 2.24) is 0 Å². The van der Waals surface area contributed by atoms with E-state index in [1.807, 2.05) is 0 Å². The van der Waals surface area contributed by atoms with E-state index in [2.05, 4.69) is 0 Å². The Balaban J connectivity index is 3.11. The normalized spacial score (nSPS) is 13.9. The van der Waals surface area contributed by atoms with E-state index in [0.717, 1.165) is 0 Å². The van der Waals surface area contributed by atoms with Crippen molar-refractivity contribution < 1.29 is 29.4 Å². The molecule has 0 heterocycles. The van der Waals surface area contributed by atoms with Gasteiger partial charge in [-0.25, -0.2) is 0 Å². The highest BCUT2D eigenvalue weighted by atomic mass is 35.5. The smallest absolute Gasteiger partial charge is 0.306 e. The SMILES string of the molecule is O=C(O)CC(O)C(O)c1cc(F)c([N+](=O)[O-])cc1Cl. The Kier molecular flexibility index (Phi) is 4.76. The first-order valence-corrected chi connectivity index (χ1v) is 5.33. The molecule has 0 aliphatic carbocycles. The Hall–Kier alpha value is -1.77. The number of aliphatic carboxylic acids is 1. The molecule has 0 fully saturated rings. The first kappa shape index (κ1) is 15.3. The number of aliphatic hydroxyl groups is 2. The first-order chi connectivity index (χ1) is 8.73. The molecule has 0 radical (unpaired) electrons. The van der Waals surface area contributed by atoms with Crippen LogP contribution in [0.5, 0.6) is 0 Å². The van der Waals surface area contributed by atoms with Crippen LogP contribution >= 0.6 is 11.6 Å². The third kappa shape index (κ3) is 3.60. The largest absolute Gasteiger partial charge is 0.481 e. The van der Waals surface area contributed by atoms with Crippen molar-refractivity contribution >= 4 is 23.3 Å². The molecule has 9 heteroatoms. The van der Waals surface area contributed by atoms with Gasteiger partial charge in [0.25, 0.3) is 0 Å². The molecule has 0 aliphatic heterocycles. The lowest BCUT2D eigenvalue weighted by Gasteiger charge is -2.17. The molecule has 19 heavy (non-hydrogen) atoms. The molecule has 1 aromatic rings. The number of aliphatic hydroxyl groups excluding tert-OH is 2. The third-order valence-electron chi connectivity index (χ3n) is 2.33. The van der Waals surface area contributed by atoms with Gasteiger partial charge in [0.05, 0.1) is 22.5 Å². The zero-order chi connectivity index (χ0) is 14.7. The van der Waals surface area contributed by atoms with Crippen LogP contribution in [-0.4, -0.2) is 32.3 Å². The second-order valence-corrected chi connectivity index (χ2v) is 4.10. The minimum absolute atomic E-state index is 0.321. The summed E-state index contributed by atoms with van der Waals surface area (Å²) in [5.41, 5.74) is -1.20. The fourth-order valence-electron chi connectivity index (χ4n) is 1.42. The van der Waals surface area contributed by atoms with Crippen LogP contribution in [0.25, 0.3) is 0 Å². The van der Waals surface area contributed by atoms with E-state index in [1.54, 1.807) is 0 Å². The summed E-state index contributed by atoms with van der Waals surface area (Å²) in [5, 5.41) is 37.6. The predicted octanol–water partition coefficient (Wildman–Crippen LogP) is 1.26. The summed E-state index contributed by atoms with van der Waals surface area (Å²) in [7, 11) is 0. The van der Waals surface area contributed by atoms with Gasteiger partial charge < -0.3 is 15.3 Å². The molecule has 7 nitrogen and oxygen atoms in total. The van der Waals surface area contributed by atoms with Gasteiger partial charge in [-0.2, -0.15) is 4.39 Å². The Labute approximate surface area is 111 Å². The topological polar surface area (TPSA) is 121 Å². The number of nitrogens with zero attached hydrogens (tertiary/aromatic N) is 1. The number of carbonyl (C=O) groups is 1. The summed E-state index contributed by atoms with van der Waals surface area (Å²) in [4.78, 5) is 19.8. The molecule has 104 valence electrons. The van der Waals surface area contributed by atoms with Gasteiger partial charge in [-0.1, -0.05) is 11.6 Å². The molecule has 1 rings (SSSR count). The van der Waals surface area contributed by atoms with Crippen LogP contribution in [0.15, 0.2) is 12.1 Å². The van der Waals surface area contributed by atoms with E-state index in [9.17, 15) is 29.5 Å². The lowest BCUT2D eigenvalue weighted by Crippen LogP contribution is -2.22. The molecule has 0 aliphatic rings. The van der Waals surface area contributed by atoms with E-state index in [0.29, 0.717) is 12.1 Å². The number of rotatable bonds is 5. The second-order valence-electron chi connectivity index (χ2n) is 3.69. The minimum Gasteiger partial charge on any atom is -0.481 e. The van der Waals surface area contributed by atoms with Gasteiger partial charge in [-0.15, -0.1) is 0 Å². The van der Waals surface area contributed by atoms with Crippen LogP contribution in [0.1, 0.15) is 18.1 Å². The summed E-state index contributed by atoms with van der Waals surface area (Å²) in [6.07, 6.45) is -4.26. The van der Waals surface area contributed by atoms with E-state index >= 15 is 0 Å². The fraction of sp³-hybridized carbons (Fsp3) is 0.300. The van der Waals surface area contributed by atoms with Crippen molar-refractivity contribution in [2.75, 3.05) is 0 Å². The van der Waals surface area contributed by atoms with Gasteiger partial charge in [0.2, 0.25) is 5.82 Å². The number of halogens is 2. The van der Waals surface area contributed by atoms with Crippen molar-refractivity contribution in [3.63, 3.8) is 0 Å². The average Bonchev–Trinajstić information content (AvgIpc) is 2.29. The Bertz CT molecular complexity index is 523. The molecule has 2 unspecified atom stereocenters. The van der Waals surface area contributed by atoms with Crippen molar-refractivity contribution in [3.8, 4) is 0 Å². The number of carboxylic acid groups (broad SMARTS) is 1. The van der Waals surface area contributed by atoms with Crippen LogP contribution in [-0.2, 0) is 4.79 Å². The monoisotopic (exact) mass is 293 g/mol. The molecule has 3 N–H and O–H groups in total. The molecule has 2 atom stereocenters. The van der Waals surface area contributed by atoms with Gasteiger partial charge >= 0.3 is 11.7 Å². The van der Waals surface area contributed by atoms with Crippen LogP contribution in [0.3, 0.4) is 0 Å². The van der Waals surface area contributed by atoms with Gasteiger partial charge in [0, 0.05) is 11.6 Å². The number of hydrogen-bond acceptors (Lipinski definition) is 5. The van der Waals surface area contributed by atoms with Crippen molar-refractivity contribution in [2.24, 2.45) is 0 Å². The Morgan fingerprint density at radius 1 is 1.47 bits per heavy atom. The summed E-state index contributed by atoms with van der Waals surface area (Å²) < 4.78 is 13.4. The lowest BCUT2D eigenvalue weighted by molar-refractivity contribution is -0.387. The van der Waals surface area contributed by atoms with E-state index in [-0.39, 0.29) is 10.6 Å². The average molecular weight is 294 g/mol. The van der Waals surface area contributed by atoms with Crippen molar-refractivity contribution in [2.45, 2.75) is 18.6 Å². The standard InChI is InChI=1S/C10H9ClFNO6/c11-5-2-7(13(18)19)6(12)1-4(5)10(17)8(14)3-9(15)16/h1-2,8,10,14,17H,3H2,(H,15,16). The fourth-order valence-corrected chi connectivity index (χ4v) is 1.69. The van der Waals surface area contributed by atoms with Gasteiger partial charge in [-0.3, -0.25) is 14.9 Å². The first-order valence-electron chi connectivity index (χ1n) is 4.95. The van der Waals surface area contributed by atoms with E-state index in [1.165, 1.54) is 0 Å². The number of hydrogen-bond donors (Lipinski definition) is 3. The van der Waals surface area contributed by atoms with Crippen LogP contribution in [0, 0.1) is 15.9 Å². The molecular weight excluding hydrogens is 285 g/mol. The van der Waals surface area contributed by atoms with Gasteiger partial charge in [-0.05, 0) is 6.07 Å². The van der Waals surface area contributed by atoms with Crippen LogP contribution in [0.4, 0.5) is 10.1 Å². The lowest BCUT2D eigenvalue weighted by atomic mass is 10.0. The Morgan fingerprint density at radius 3 is 2.53 bits per heavy atom. The maximum absolute atomic E-state index is 13.4. The molecule has 0 saturated carbocycles. The zero-order valence-corrected chi connectivity index (χ0v) is 10.0. The highest BCUT2D eigenvalue weighted by molar-refractivity contribution is 6.31. The maximum Gasteiger partial charge on any atom is 0.306 e. The zero-order valence-electron chi connectivity index (χ0n) is 9.29. The van der Waals surface area contributed by atoms with E-state index in [4.69, 9.17) is 16.7 Å². The van der Waals surface area contributed by atoms with E-state index < -0.39 is 41.0 Å². The van der Waals surface area contributed by atoms with Crippen molar-refractivity contribution in [3.05, 3.63) is 38.7 Å². The van der Waals surface area contributed by atoms with Crippen molar-refractivity contribution in [1.29, 1.82) is 0 Å². The highest BCUT2D eigenvalue weighted by Gasteiger charge is 2.26. The molecule has 0 amide bonds. The van der Waals surface area contributed by atoms with Crippen LogP contribution < -0.4 is 0 Å². The summed E-state index contributed by atoms with van der Waals surface area (Å²) >= 11 is 5.63. The van der Waals surface area contributed by atoms with Crippen LogP contribution in [0.2, 0.25) is 5.02 Å². The highest BCUT2D eigenvalue weighted by Crippen LogP contribution is 2.31. The number of carboxylic acids is 1. The van der Waals surface area contributed by atoms with Gasteiger partial charge in [0.1, 0.15) is 6.10 Å². The number of nitro benzene ring substituents is 1. The Morgan fingerprint density at radius 2 is 2.05 bits per heavy atom. The molecule has 0 bridgehead atoms. The minimum atomic E-state index is -1.76.